The van der Waals surface area contributed by atoms with Crippen LogP contribution in [-0.4, -0.2) is 16.4 Å². The highest BCUT2D eigenvalue weighted by Gasteiger charge is 1.99. The van der Waals surface area contributed by atoms with E-state index >= 15 is 0 Å². The first-order valence-corrected chi connectivity index (χ1v) is 5.67. The predicted octanol–water partition coefficient (Wildman–Crippen LogP) is 1.21. The Bertz CT molecular complexity index is 593. The minimum absolute atomic E-state index is 0.119. The Morgan fingerprint density at radius 3 is 2.94 bits per heavy atom. The van der Waals surface area contributed by atoms with Crippen LogP contribution in [0.3, 0.4) is 0 Å². The van der Waals surface area contributed by atoms with Crippen LogP contribution in [0.2, 0.25) is 0 Å². The summed E-state index contributed by atoms with van der Waals surface area (Å²) in [6, 6.07) is 8.72. The number of nitrogens with zero attached hydrogens (tertiary/aromatic N) is 2. The summed E-state index contributed by atoms with van der Waals surface area (Å²) in [4.78, 5) is 11.6. The minimum Gasteiger partial charge on any atom is -0.492 e. The quantitative estimate of drug-likeness (QED) is 0.822. The van der Waals surface area contributed by atoms with Crippen molar-refractivity contribution in [1.82, 2.24) is 9.78 Å². The third kappa shape index (κ3) is 3.10. The first-order chi connectivity index (χ1) is 8.65. The minimum atomic E-state index is -0.119. The third-order valence-corrected chi connectivity index (χ3v) is 2.44. The monoisotopic (exact) mass is 245 g/mol. The Labute approximate surface area is 105 Å². The first kappa shape index (κ1) is 12.2. The first-order valence-electron chi connectivity index (χ1n) is 5.67. The van der Waals surface area contributed by atoms with Gasteiger partial charge in [-0.15, -0.1) is 0 Å². The number of ether oxygens (including phenoxy) is 1. The zero-order chi connectivity index (χ0) is 13.0. The van der Waals surface area contributed by atoms with Crippen molar-refractivity contribution in [1.29, 1.82) is 0 Å². The summed E-state index contributed by atoms with van der Waals surface area (Å²) < 4.78 is 6.87. The van der Waals surface area contributed by atoms with Gasteiger partial charge in [0.15, 0.2) is 0 Å². The molecular weight excluding hydrogens is 230 g/mol. The van der Waals surface area contributed by atoms with E-state index in [0.29, 0.717) is 24.6 Å². The maximum absolute atomic E-state index is 11.6. The van der Waals surface area contributed by atoms with Crippen molar-refractivity contribution in [2.24, 2.45) is 0 Å². The molecule has 1 aromatic heterocycles. The van der Waals surface area contributed by atoms with Gasteiger partial charge in [-0.3, -0.25) is 4.79 Å². The van der Waals surface area contributed by atoms with Crippen LogP contribution in [0.4, 0.5) is 5.69 Å². The van der Waals surface area contributed by atoms with Crippen molar-refractivity contribution in [2.45, 2.75) is 13.5 Å². The van der Waals surface area contributed by atoms with Crippen molar-refractivity contribution in [3.63, 3.8) is 0 Å². The molecule has 2 rings (SSSR count). The number of nitrogens with two attached hydrogens (primary N) is 1. The molecule has 0 aliphatic carbocycles. The van der Waals surface area contributed by atoms with Crippen LogP contribution in [0.15, 0.2) is 41.3 Å². The van der Waals surface area contributed by atoms with Crippen LogP contribution in [0.25, 0.3) is 0 Å². The Balaban J connectivity index is 1.94. The van der Waals surface area contributed by atoms with Gasteiger partial charge in [0, 0.05) is 17.8 Å². The smallest absolute Gasteiger partial charge is 0.267 e. The van der Waals surface area contributed by atoms with Crippen molar-refractivity contribution >= 4 is 5.69 Å². The molecule has 1 heterocycles. The zero-order valence-electron chi connectivity index (χ0n) is 10.2. The Kier molecular flexibility index (Phi) is 3.62. The molecule has 2 aromatic rings. The van der Waals surface area contributed by atoms with Crippen LogP contribution < -0.4 is 16.0 Å². The van der Waals surface area contributed by atoms with Crippen molar-refractivity contribution in [3.05, 3.63) is 52.4 Å². The van der Waals surface area contributed by atoms with Gasteiger partial charge in [-0.1, -0.05) is 6.07 Å². The highest BCUT2D eigenvalue weighted by molar-refractivity contribution is 5.43. The Morgan fingerprint density at radius 1 is 1.39 bits per heavy atom. The summed E-state index contributed by atoms with van der Waals surface area (Å²) in [6.07, 6.45) is 1.65. The Morgan fingerprint density at radius 2 is 2.22 bits per heavy atom. The number of nitrogen functional groups attached to an aromatic ring is 1. The zero-order valence-corrected chi connectivity index (χ0v) is 10.2. The predicted molar refractivity (Wildman–Crippen MR) is 69.6 cm³/mol. The summed E-state index contributed by atoms with van der Waals surface area (Å²) in [7, 11) is 0. The molecule has 0 saturated heterocycles. The highest BCUT2D eigenvalue weighted by Crippen LogP contribution is 2.14. The lowest BCUT2D eigenvalue weighted by Crippen LogP contribution is -2.25. The normalized spacial score (nSPS) is 10.3. The molecule has 5 nitrogen and oxygen atoms in total. The summed E-state index contributed by atoms with van der Waals surface area (Å²) in [5.74, 6) is 0.690. The van der Waals surface area contributed by atoms with Gasteiger partial charge in [-0.2, -0.15) is 5.10 Å². The van der Waals surface area contributed by atoms with E-state index in [-0.39, 0.29) is 5.56 Å². The molecule has 0 aliphatic rings. The molecule has 0 saturated carbocycles. The van der Waals surface area contributed by atoms with E-state index in [9.17, 15) is 4.79 Å². The molecule has 1 aromatic carbocycles. The number of benzene rings is 1. The molecule has 0 amide bonds. The van der Waals surface area contributed by atoms with E-state index in [2.05, 4.69) is 5.10 Å². The SMILES string of the molecule is Cc1cnn(CCOc2cccc(N)c2)c(=O)c1. The molecular formula is C13H15N3O2. The van der Waals surface area contributed by atoms with E-state index < -0.39 is 0 Å². The maximum atomic E-state index is 11.6. The fourth-order valence-electron chi connectivity index (χ4n) is 1.55. The average Bonchev–Trinajstić information content (AvgIpc) is 2.32. The molecule has 0 aliphatic heterocycles. The Hall–Kier alpha value is -2.30. The van der Waals surface area contributed by atoms with Crippen LogP contribution in [0.5, 0.6) is 5.75 Å². The fraction of sp³-hybridized carbons (Fsp3) is 0.231. The molecule has 5 heteroatoms. The molecule has 0 radical (unpaired) electrons. The number of rotatable bonds is 4. The van der Waals surface area contributed by atoms with Gasteiger partial charge in [0.1, 0.15) is 12.4 Å². The second-order valence-electron chi connectivity index (χ2n) is 4.02. The molecule has 0 bridgehead atoms. The second-order valence-corrected chi connectivity index (χ2v) is 4.02. The second kappa shape index (κ2) is 5.35. The largest absolute Gasteiger partial charge is 0.492 e. The molecule has 0 fully saturated rings. The van der Waals surface area contributed by atoms with E-state index in [1.807, 2.05) is 19.1 Å². The molecule has 0 atom stereocenters. The summed E-state index contributed by atoms with van der Waals surface area (Å²) in [5, 5.41) is 4.03. The van der Waals surface area contributed by atoms with Crippen molar-refractivity contribution < 1.29 is 4.74 Å². The average molecular weight is 245 g/mol. The van der Waals surface area contributed by atoms with E-state index in [0.717, 1.165) is 5.56 Å². The number of anilines is 1. The lowest BCUT2D eigenvalue weighted by Gasteiger charge is -2.07. The van der Waals surface area contributed by atoms with Crippen LogP contribution >= 0.6 is 0 Å². The molecule has 2 N–H and O–H groups in total. The lowest BCUT2D eigenvalue weighted by molar-refractivity contribution is 0.288. The van der Waals surface area contributed by atoms with Gasteiger partial charge < -0.3 is 10.5 Å². The van der Waals surface area contributed by atoms with Gasteiger partial charge in [-0.25, -0.2) is 4.68 Å². The number of aromatic nitrogens is 2. The van der Waals surface area contributed by atoms with Crippen LogP contribution in [0.1, 0.15) is 5.56 Å². The van der Waals surface area contributed by atoms with Gasteiger partial charge in [0.2, 0.25) is 0 Å². The maximum Gasteiger partial charge on any atom is 0.267 e. The fourth-order valence-corrected chi connectivity index (χ4v) is 1.55. The van der Waals surface area contributed by atoms with E-state index in [1.54, 1.807) is 24.4 Å². The van der Waals surface area contributed by atoms with E-state index in [1.165, 1.54) is 4.68 Å². The highest BCUT2D eigenvalue weighted by atomic mass is 16.5. The molecule has 0 unspecified atom stereocenters. The van der Waals surface area contributed by atoms with Crippen LogP contribution in [0, 0.1) is 6.92 Å². The van der Waals surface area contributed by atoms with Crippen molar-refractivity contribution in [2.75, 3.05) is 12.3 Å². The number of hydrogen-bond donors (Lipinski definition) is 1. The number of aryl methyl sites for hydroxylation is 1. The summed E-state index contributed by atoms with van der Waals surface area (Å²) in [6.45, 7) is 2.62. The van der Waals surface area contributed by atoms with Crippen molar-refractivity contribution in [3.8, 4) is 5.75 Å². The van der Waals surface area contributed by atoms with E-state index in [4.69, 9.17) is 10.5 Å². The summed E-state index contributed by atoms with van der Waals surface area (Å²) >= 11 is 0. The molecule has 94 valence electrons. The summed E-state index contributed by atoms with van der Waals surface area (Å²) in [5.41, 5.74) is 7.02. The van der Waals surface area contributed by atoms with Gasteiger partial charge in [0.05, 0.1) is 12.7 Å². The molecule has 18 heavy (non-hydrogen) atoms. The van der Waals surface area contributed by atoms with Gasteiger partial charge in [0.25, 0.3) is 5.56 Å². The van der Waals surface area contributed by atoms with Gasteiger partial charge in [-0.05, 0) is 24.6 Å². The van der Waals surface area contributed by atoms with Crippen LogP contribution in [-0.2, 0) is 6.54 Å². The molecule has 0 spiro atoms. The topological polar surface area (TPSA) is 70.1 Å². The van der Waals surface area contributed by atoms with Gasteiger partial charge >= 0.3 is 0 Å². The third-order valence-electron chi connectivity index (χ3n) is 2.44. The standard InChI is InChI=1S/C13H15N3O2/c1-10-7-13(17)16(15-9-10)5-6-18-12-4-2-3-11(14)8-12/h2-4,7-9H,5-6,14H2,1H3. The lowest BCUT2D eigenvalue weighted by atomic mass is 10.3. The number of hydrogen-bond acceptors (Lipinski definition) is 4.